The molecule has 0 saturated carbocycles. The Balaban J connectivity index is 2.35. The van der Waals surface area contributed by atoms with E-state index in [2.05, 4.69) is 15.9 Å². The summed E-state index contributed by atoms with van der Waals surface area (Å²) in [7, 11) is -1.95. The van der Waals surface area contributed by atoms with E-state index >= 15 is 0 Å². The molecule has 0 atom stereocenters. The van der Waals surface area contributed by atoms with Crippen LogP contribution in [-0.4, -0.2) is 19.8 Å². The molecule has 0 N–H and O–H groups in total. The van der Waals surface area contributed by atoms with Crippen molar-refractivity contribution in [2.75, 3.05) is 7.05 Å². The molecule has 0 unspecified atom stereocenters. The second-order valence-electron chi connectivity index (χ2n) is 4.67. The van der Waals surface area contributed by atoms with Gasteiger partial charge in [0.1, 0.15) is 5.76 Å². The summed E-state index contributed by atoms with van der Waals surface area (Å²) in [6.07, 6.45) is 1.56. The van der Waals surface area contributed by atoms with Gasteiger partial charge in [-0.05, 0) is 37.6 Å². The van der Waals surface area contributed by atoms with Crippen LogP contribution in [0.2, 0.25) is 0 Å². The van der Waals surface area contributed by atoms with Crippen LogP contribution in [0.3, 0.4) is 0 Å². The van der Waals surface area contributed by atoms with Gasteiger partial charge < -0.3 is 4.42 Å². The maximum Gasteiger partial charge on any atom is 0.243 e. The molecule has 0 spiro atoms. The molecule has 1 heterocycles. The highest BCUT2D eigenvalue weighted by Crippen LogP contribution is 2.24. The van der Waals surface area contributed by atoms with Crippen molar-refractivity contribution in [2.45, 2.75) is 25.3 Å². The highest BCUT2D eigenvalue weighted by atomic mass is 79.9. The number of halogens is 1. The Labute approximate surface area is 127 Å². The van der Waals surface area contributed by atoms with Gasteiger partial charge >= 0.3 is 0 Å². The van der Waals surface area contributed by atoms with Gasteiger partial charge in [0, 0.05) is 23.6 Å². The van der Waals surface area contributed by atoms with Crippen molar-refractivity contribution in [3.63, 3.8) is 0 Å². The normalized spacial score (nSPS) is 12.1. The third-order valence-electron chi connectivity index (χ3n) is 3.20. The van der Waals surface area contributed by atoms with Crippen LogP contribution in [0.25, 0.3) is 0 Å². The molecule has 20 heavy (non-hydrogen) atoms. The number of nitrogens with zero attached hydrogens (tertiary/aromatic N) is 1. The fourth-order valence-corrected chi connectivity index (χ4v) is 3.83. The van der Waals surface area contributed by atoms with Crippen molar-refractivity contribution in [1.82, 2.24) is 4.31 Å². The highest BCUT2D eigenvalue weighted by Gasteiger charge is 2.24. The van der Waals surface area contributed by atoms with Gasteiger partial charge in [0.05, 0.1) is 11.2 Å². The quantitative estimate of drug-likeness (QED) is 0.841. The first kappa shape index (κ1) is 15.3. The molecule has 4 nitrogen and oxygen atoms in total. The first-order valence-corrected chi connectivity index (χ1v) is 8.31. The summed E-state index contributed by atoms with van der Waals surface area (Å²) < 4.78 is 32.5. The van der Waals surface area contributed by atoms with Gasteiger partial charge in [-0.2, -0.15) is 4.31 Å². The Morgan fingerprint density at radius 1 is 1.25 bits per heavy atom. The lowest BCUT2D eigenvalue weighted by molar-refractivity contribution is 0.458. The molecule has 0 aliphatic carbocycles. The Bertz CT molecular complexity index is 722. The average molecular weight is 358 g/mol. The lowest BCUT2D eigenvalue weighted by atomic mass is 10.2. The zero-order valence-corrected chi connectivity index (χ0v) is 14.0. The van der Waals surface area contributed by atoms with Crippen LogP contribution < -0.4 is 0 Å². The molecule has 1 aromatic heterocycles. The molecule has 2 aromatic rings. The van der Waals surface area contributed by atoms with Crippen LogP contribution in [0, 0.1) is 13.8 Å². The van der Waals surface area contributed by atoms with Gasteiger partial charge in [-0.25, -0.2) is 8.42 Å². The first-order chi connectivity index (χ1) is 9.32. The number of aryl methyl sites for hydroxylation is 2. The summed E-state index contributed by atoms with van der Waals surface area (Å²) in [5.41, 5.74) is 1.59. The molecule has 0 aliphatic heterocycles. The Hall–Kier alpha value is -1.11. The Morgan fingerprint density at radius 2 is 1.95 bits per heavy atom. The van der Waals surface area contributed by atoms with Crippen molar-refractivity contribution < 1.29 is 12.8 Å². The summed E-state index contributed by atoms with van der Waals surface area (Å²) in [5.74, 6) is 0.734. The molecular weight excluding hydrogens is 342 g/mol. The summed E-state index contributed by atoms with van der Waals surface area (Å²) >= 11 is 3.31. The minimum absolute atomic E-state index is 0.288. The molecule has 0 radical (unpaired) electrons. The third-order valence-corrected chi connectivity index (χ3v) is 5.64. The van der Waals surface area contributed by atoms with E-state index in [1.54, 1.807) is 38.4 Å². The minimum atomic E-state index is -3.52. The number of benzene rings is 1. The maximum atomic E-state index is 12.6. The summed E-state index contributed by atoms with van der Waals surface area (Å²) in [6.45, 7) is 3.90. The monoisotopic (exact) mass is 357 g/mol. The zero-order chi connectivity index (χ0) is 14.9. The topological polar surface area (TPSA) is 50.5 Å². The van der Waals surface area contributed by atoms with Gasteiger partial charge in [-0.15, -0.1) is 0 Å². The molecular formula is C14H16BrNO3S. The summed E-state index contributed by atoms with van der Waals surface area (Å²) in [5, 5.41) is 0. The molecule has 6 heteroatoms. The van der Waals surface area contributed by atoms with Crippen LogP contribution in [0.5, 0.6) is 0 Å². The number of hydrogen-bond acceptors (Lipinski definition) is 3. The van der Waals surface area contributed by atoms with Crippen molar-refractivity contribution in [3.05, 3.63) is 51.9 Å². The fraction of sp³-hybridized carbons (Fsp3) is 0.286. The van der Waals surface area contributed by atoms with Gasteiger partial charge in [0.25, 0.3) is 0 Å². The molecule has 0 saturated heterocycles. The van der Waals surface area contributed by atoms with E-state index < -0.39 is 10.0 Å². The molecule has 2 rings (SSSR count). The van der Waals surface area contributed by atoms with Gasteiger partial charge in [0.15, 0.2) is 0 Å². The van der Waals surface area contributed by atoms with Gasteiger partial charge in [-0.3, -0.25) is 0 Å². The molecule has 0 fully saturated rings. The van der Waals surface area contributed by atoms with Gasteiger partial charge in [-0.1, -0.05) is 22.0 Å². The van der Waals surface area contributed by atoms with E-state index in [9.17, 15) is 8.42 Å². The third kappa shape index (κ3) is 2.97. The SMILES string of the molecule is Cc1ccc(Br)cc1S(=O)(=O)N(C)Cc1ccoc1C. The number of sulfonamides is 1. The zero-order valence-electron chi connectivity index (χ0n) is 11.6. The second kappa shape index (κ2) is 5.71. The van der Waals surface area contributed by atoms with Gasteiger partial charge in [0.2, 0.25) is 10.0 Å². The van der Waals surface area contributed by atoms with Crippen LogP contribution in [-0.2, 0) is 16.6 Å². The van der Waals surface area contributed by atoms with E-state index in [0.717, 1.165) is 21.4 Å². The van der Waals surface area contributed by atoms with Crippen LogP contribution in [0.1, 0.15) is 16.9 Å². The van der Waals surface area contributed by atoms with E-state index in [0.29, 0.717) is 4.90 Å². The Kier molecular flexibility index (Phi) is 4.36. The minimum Gasteiger partial charge on any atom is -0.469 e. The van der Waals surface area contributed by atoms with Crippen molar-refractivity contribution in [2.24, 2.45) is 0 Å². The lowest BCUT2D eigenvalue weighted by Crippen LogP contribution is -2.27. The number of rotatable bonds is 4. The molecule has 1 aromatic carbocycles. The van der Waals surface area contributed by atoms with Crippen LogP contribution in [0.15, 0.2) is 44.3 Å². The standard InChI is InChI=1S/C14H16BrNO3S/c1-10-4-5-13(15)8-14(10)20(17,18)16(3)9-12-6-7-19-11(12)2/h4-8H,9H2,1-3H3. The van der Waals surface area contributed by atoms with E-state index in [1.807, 2.05) is 13.0 Å². The Morgan fingerprint density at radius 3 is 2.55 bits per heavy atom. The summed E-state index contributed by atoms with van der Waals surface area (Å²) in [4.78, 5) is 0.315. The summed E-state index contributed by atoms with van der Waals surface area (Å²) in [6, 6.07) is 7.03. The lowest BCUT2D eigenvalue weighted by Gasteiger charge is -2.18. The molecule has 0 aliphatic rings. The first-order valence-electron chi connectivity index (χ1n) is 6.08. The fourth-order valence-electron chi connectivity index (χ4n) is 1.92. The second-order valence-corrected chi connectivity index (χ2v) is 7.60. The molecule has 108 valence electrons. The predicted octanol–water partition coefficient (Wildman–Crippen LogP) is 3.48. The molecule has 0 amide bonds. The van der Waals surface area contributed by atoms with Crippen LogP contribution >= 0.6 is 15.9 Å². The average Bonchev–Trinajstić information content (AvgIpc) is 2.78. The predicted molar refractivity (Wildman–Crippen MR) is 81.0 cm³/mol. The van der Waals surface area contributed by atoms with Crippen LogP contribution in [0.4, 0.5) is 0 Å². The number of furan rings is 1. The van der Waals surface area contributed by atoms with Crippen molar-refractivity contribution in [1.29, 1.82) is 0 Å². The van der Waals surface area contributed by atoms with E-state index in [4.69, 9.17) is 4.42 Å². The largest absolute Gasteiger partial charge is 0.469 e. The van der Waals surface area contributed by atoms with E-state index in [-0.39, 0.29) is 6.54 Å². The number of hydrogen-bond donors (Lipinski definition) is 0. The van der Waals surface area contributed by atoms with Crippen molar-refractivity contribution >= 4 is 26.0 Å². The maximum absolute atomic E-state index is 12.6. The molecule has 0 bridgehead atoms. The smallest absolute Gasteiger partial charge is 0.243 e. The van der Waals surface area contributed by atoms with E-state index in [1.165, 1.54) is 4.31 Å². The van der Waals surface area contributed by atoms with Crippen molar-refractivity contribution in [3.8, 4) is 0 Å². The highest BCUT2D eigenvalue weighted by molar-refractivity contribution is 9.10.